The Morgan fingerprint density at radius 2 is 1.67 bits per heavy atom. The van der Waals surface area contributed by atoms with Gasteiger partial charge in [-0.25, -0.2) is 0 Å². The van der Waals surface area contributed by atoms with Crippen molar-refractivity contribution >= 4 is 31.2 Å². The number of rotatable bonds is 3. The number of oxazole rings is 1. The molecule has 0 fully saturated rings. The van der Waals surface area contributed by atoms with E-state index in [-0.39, 0.29) is 22.4 Å². The Hall–Kier alpha value is 0.0803. The Bertz CT molecular complexity index is 451. The fourth-order valence-electron chi connectivity index (χ4n) is 1.57. The van der Waals surface area contributed by atoms with Gasteiger partial charge in [-0.05, 0) is 42.8 Å². The molecule has 2 rings (SSSR count). The minimum Gasteiger partial charge on any atom is -0.429 e. The van der Waals surface area contributed by atoms with Crippen molar-refractivity contribution in [3.05, 3.63) is 29.1 Å². The summed E-state index contributed by atoms with van der Waals surface area (Å²) in [5.74, 6) is 0. The van der Waals surface area contributed by atoms with E-state index in [4.69, 9.17) is 16.6 Å². The van der Waals surface area contributed by atoms with Gasteiger partial charge in [0, 0.05) is 22.4 Å². The van der Waals surface area contributed by atoms with Gasteiger partial charge in [-0.3, -0.25) is 0 Å². The molecule has 0 aliphatic heterocycles. The zero-order valence-corrected chi connectivity index (χ0v) is 14.9. The summed E-state index contributed by atoms with van der Waals surface area (Å²) in [5, 5.41) is 0. The minimum atomic E-state index is 0. The van der Waals surface area contributed by atoms with Gasteiger partial charge in [-0.15, -0.1) is 7.92 Å². The molecule has 0 saturated heterocycles. The summed E-state index contributed by atoms with van der Waals surface area (Å²) in [6.07, 6.45) is 4.26. The number of benzene rings is 1. The summed E-state index contributed by atoms with van der Waals surface area (Å²) in [7, 11) is 0.446. The van der Waals surface area contributed by atoms with Crippen LogP contribution in [-0.4, -0.2) is 23.5 Å². The molecule has 1 heterocycles. The van der Waals surface area contributed by atoms with Gasteiger partial charge in [-0.1, -0.05) is 32.9 Å². The first-order valence-corrected chi connectivity index (χ1v) is 8.32. The number of nitrogens with one attached hydrogen (secondary N) is 1. The van der Waals surface area contributed by atoms with Gasteiger partial charge >= 0.3 is 0 Å². The van der Waals surface area contributed by atoms with E-state index < -0.39 is 0 Å². The quantitative estimate of drug-likeness (QED) is 0.391. The van der Waals surface area contributed by atoms with Crippen LogP contribution < -0.4 is 0 Å². The normalized spacial score (nSPS) is 9.78. The summed E-state index contributed by atoms with van der Waals surface area (Å²) in [6, 6.07) is 7.65. The Balaban J connectivity index is 0.000000326. The van der Waals surface area contributed by atoms with Crippen LogP contribution in [0.2, 0.25) is 0 Å². The van der Waals surface area contributed by atoms with Gasteiger partial charge in [0.05, 0.1) is 5.52 Å². The fourth-order valence-corrected chi connectivity index (χ4v) is 3.11. The van der Waals surface area contributed by atoms with Gasteiger partial charge in [0.15, 0.2) is 5.58 Å². The third-order valence-electron chi connectivity index (χ3n) is 2.67. The number of para-hydroxylation sites is 2. The summed E-state index contributed by atoms with van der Waals surface area (Å²) in [4.78, 5) is 3.34. The van der Waals surface area contributed by atoms with Crippen LogP contribution in [0.5, 0.6) is 0 Å². The van der Waals surface area contributed by atoms with Crippen molar-refractivity contribution in [1.82, 2.24) is 4.98 Å². The predicted molar refractivity (Wildman–Crippen MR) is 79.9 cm³/mol. The summed E-state index contributed by atoms with van der Waals surface area (Å²) in [6.45, 7) is 6.87. The Morgan fingerprint density at radius 1 is 1.11 bits per heavy atom. The predicted octanol–water partition coefficient (Wildman–Crippen LogP) is 5.02. The second kappa shape index (κ2) is 9.94. The first-order chi connectivity index (χ1) is 8.21. The largest absolute Gasteiger partial charge is 0.429 e. The van der Waals surface area contributed by atoms with Gasteiger partial charge < -0.3 is 9.40 Å². The smallest absolute Gasteiger partial charge is 0.266 e. The van der Waals surface area contributed by atoms with Gasteiger partial charge in [0.1, 0.15) is 0 Å². The van der Waals surface area contributed by atoms with E-state index in [2.05, 4.69) is 25.8 Å². The van der Waals surface area contributed by atoms with Crippen LogP contribution in [0, 0.1) is 4.84 Å². The average molecular weight is 466 g/mol. The van der Waals surface area contributed by atoms with Crippen LogP contribution in [0.25, 0.3) is 11.1 Å². The number of aromatic amines is 1. The summed E-state index contributed by atoms with van der Waals surface area (Å²) in [5.41, 5.74) is 1.76. The zero-order chi connectivity index (χ0) is 12.7. The monoisotopic (exact) mass is 466 g/mol. The molecule has 5 heteroatoms. The van der Waals surface area contributed by atoms with Crippen molar-refractivity contribution < 1.29 is 26.8 Å². The third-order valence-corrected chi connectivity index (χ3v) is 5.54. The molecule has 2 aromatic rings. The van der Waals surface area contributed by atoms with E-state index in [1.165, 1.54) is 18.5 Å². The molecule has 2 nitrogen and oxygen atoms in total. The van der Waals surface area contributed by atoms with E-state index in [9.17, 15) is 0 Å². The standard InChI is InChI=1S/C7H5NOS.C6H15P.Au/c10-7-8-5-3-1-2-4-6(5)9-7;1-4-7(5-2)6-3;/h1-4H,(H,8,10);4-6H2,1-3H3;. The van der Waals surface area contributed by atoms with Gasteiger partial charge in [-0.2, -0.15) is 0 Å². The van der Waals surface area contributed by atoms with Crippen molar-refractivity contribution in [3.63, 3.8) is 0 Å². The van der Waals surface area contributed by atoms with Crippen LogP contribution >= 0.6 is 20.1 Å². The van der Waals surface area contributed by atoms with Crippen LogP contribution in [0.4, 0.5) is 0 Å². The van der Waals surface area contributed by atoms with Crippen molar-refractivity contribution in [3.8, 4) is 0 Å². The van der Waals surface area contributed by atoms with E-state index in [0.717, 1.165) is 11.1 Å². The van der Waals surface area contributed by atoms with Gasteiger partial charge in [0.2, 0.25) is 0 Å². The van der Waals surface area contributed by atoms with Gasteiger partial charge in [0.25, 0.3) is 4.84 Å². The number of hydrogen-bond acceptors (Lipinski definition) is 2. The second-order valence-corrected chi connectivity index (χ2v) is 7.24. The molecule has 0 spiro atoms. The van der Waals surface area contributed by atoms with E-state index >= 15 is 0 Å². The molecule has 0 bridgehead atoms. The van der Waals surface area contributed by atoms with Crippen LogP contribution in [0.15, 0.2) is 28.7 Å². The maximum Gasteiger partial charge on any atom is 0.266 e. The molecule has 105 valence electrons. The molecule has 18 heavy (non-hydrogen) atoms. The van der Waals surface area contributed by atoms with Crippen LogP contribution in [0.3, 0.4) is 0 Å². The number of hydrogen-bond donors (Lipinski definition) is 1. The molecular formula is C13H20AuNOPS. The minimum absolute atomic E-state index is 0. The molecule has 0 aliphatic rings. The van der Waals surface area contributed by atoms with E-state index in [1.54, 1.807) is 0 Å². The fraction of sp³-hybridized carbons (Fsp3) is 0.462. The molecule has 0 saturated carbocycles. The number of aromatic nitrogens is 1. The maximum atomic E-state index is 5.13. The summed E-state index contributed by atoms with van der Waals surface area (Å²) < 4.78 is 5.13. The van der Waals surface area contributed by atoms with Crippen molar-refractivity contribution in [2.75, 3.05) is 18.5 Å². The van der Waals surface area contributed by atoms with Crippen LogP contribution in [0.1, 0.15) is 20.8 Å². The number of fused-ring (bicyclic) bond motifs is 1. The summed E-state index contributed by atoms with van der Waals surface area (Å²) >= 11 is 4.79. The molecular weight excluding hydrogens is 446 g/mol. The Morgan fingerprint density at radius 3 is 2.11 bits per heavy atom. The SMILES string of the molecule is CCP(CC)CC.S=c1[nH]c2ccccc2o1.[Au]. The van der Waals surface area contributed by atoms with Crippen LogP contribution in [-0.2, 0) is 22.4 Å². The topological polar surface area (TPSA) is 28.9 Å². The molecule has 1 aromatic heterocycles. The number of H-pyrrole nitrogens is 1. The second-order valence-electron chi connectivity index (χ2n) is 3.63. The third kappa shape index (κ3) is 5.81. The molecule has 1 N–H and O–H groups in total. The molecule has 1 aromatic carbocycles. The maximum absolute atomic E-state index is 5.13. The van der Waals surface area contributed by atoms with E-state index in [1.807, 2.05) is 24.3 Å². The Kier molecular flexibility index (Phi) is 9.98. The zero-order valence-electron chi connectivity index (χ0n) is 11.0. The van der Waals surface area contributed by atoms with Crippen molar-refractivity contribution in [2.45, 2.75) is 20.8 Å². The first kappa shape index (κ1) is 18.1. The first-order valence-electron chi connectivity index (χ1n) is 6.01. The van der Waals surface area contributed by atoms with Crippen molar-refractivity contribution in [1.29, 1.82) is 0 Å². The molecule has 0 unspecified atom stereocenters. The molecule has 0 aliphatic carbocycles. The molecule has 0 amide bonds. The molecule has 0 atom stereocenters. The molecule has 1 radical (unpaired) electrons. The Labute approximate surface area is 131 Å². The van der Waals surface area contributed by atoms with E-state index in [0.29, 0.717) is 12.8 Å². The van der Waals surface area contributed by atoms with Crippen molar-refractivity contribution in [2.24, 2.45) is 0 Å². The average Bonchev–Trinajstić information content (AvgIpc) is 2.72.